The van der Waals surface area contributed by atoms with Gasteiger partial charge >= 0.3 is 0 Å². The Labute approximate surface area is 126 Å². The molecule has 2 heterocycles. The summed E-state index contributed by atoms with van der Waals surface area (Å²) in [7, 11) is 0. The van der Waals surface area contributed by atoms with Crippen molar-refractivity contribution in [2.24, 2.45) is 5.92 Å². The van der Waals surface area contributed by atoms with Crippen LogP contribution in [-0.2, 0) is 19.4 Å². The fourth-order valence-corrected chi connectivity index (χ4v) is 4.33. The maximum absolute atomic E-state index is 4.86. The van der Waals surface area contributed by atoms with E-state index in [-0.39, 0.29) is 12.4 Å². The highest BCUT2D eigenvalue weighted by molar-refractivity contribution is 7.11. The predicted octanol–water partition coefficient (Wildman–Crippen LogP) is 2.48. The van der Waals surface area contributed by atoms with E-state index in [4.69, 9.17) is 4.98 Å². The van der Waals surface area contributed by atoms with Gasteiger partial charge in [-0.25, -0.2) is 4.98 Å². The fourth-order valence-electron chi connectivity index (χ4n) is 3.01. The molecule has 2 atom stereocenters. The Hall–Kier alpha value is -0.160. The summed E-state index contributed by atoms with van der Waals surface area (Å²) in [6.07, 6.45) is 3.77. The maximum Gasteiger partial charge on any atom is 0.107 e. The van der Waals surface area contributed by atoms with Gasteiger partial charge in [0.2, 0.25) is 0 Å². The molecule has 1 saturated heterocycles. The lowest BCUT2D eigenvalue weighted by atomic mass is 9.93. The SMILES string of the molecule is CC1CCc2nc(CN3CCN[C@H](C)C3)sc2C1.Cl. The summed E-state index contributed by atoms with van der Waals surface area (Å²) < 4.78 is 0. The monoisotopic (exact) mass is 301 g/mol. The molecular formula is C14H24ClN3S. The minimum Gasteiger partial charge on any atom is -0.312 e. The number of rotatable bonds is 2. The second-order valence-corrected chi connectivity index (χ2v) is 7.08. The van der Waals surface area contributed by atoms with Crippen molar-refractivity contribution < 1.29 is 0 Å². The van der Waals surface area contributed by atoms with Crippen LogP contribution in [0.15, 0.2) is 0 Å². The van der Waals surface area contributed by atoms with Gasteiger partial charge in [-0.05, 0) is 32.1 Å². The second kappa shape index (κ2) is 6.53. The average Bonchev–Trinajstić information content (AvgIpc) is 2.70. The molecule has 3 rings (SSSR count). The first-order chi connectivity index (χ1) is 8.70. The molecule has 3 nitrogen and oxygen atoms in total. The number of piperazine rings is 1. The molecule has 0 amide bonds. The van der Waals surface area contributed by atoms with Crippen molar-refractivity contribution in [3.63, 3.8) is 0 Å². The van der Waals surface area contributed by atoms with Gasteiger partial charge in [0.1, 0.15) is 5.01 Å². The van der Waals surface area contributed by atoms with Crippen LogP contribution in [0.4, 0.5) is 0 Å². The zero-order valence-corrected chi connectivity index (χ0v) is 13.4. The third-order valence-corrected chi connectivity index (χ3v) is 5.15. The van der Waals surface area contributed by atoms with E-state index in [0.29, 0.717) is 6.04 Å². The van der Waals surface area contributed by atoms with Crippen molar-refractivity contribution in [2.75, 3.05) is 19.6 Å². The molecule has 1 fully saturated rings. The van der Waals surface area contributed by atoms with E-state index in [1.54, 1.807) is 4.88 Å². The molecule has 19 heavy (non-hydrogen) atoms. The lowest BCUT2D eigenvalue weighted by molar-refractivity contribution is 0.199. The Morgan fingerprint density at radius 1 is 1.42 bits per heavy atom. The quantitative estimate of drug-likeness (QED) is 0.910. The highest BCUT2D eigenvalue weighted by atomic mass is 35.5. The fraction of sp³-hybridized carbons (Fsp3) is 0.786. The van der Waals surface area contributed by atoms with Crippen molar-refractivity contribution in [1.82, 2.24) is 15.2 Å². The van der Waals surface area contributed by atoms with E-state index in [2.05, 4.69) is 24.1 Å². The van der Waals surface area contributed by atoms with Crippen molar-refractivity contribution in [1.29, 1.82) is 0 Å². The van der Waals surface area contributed by atoms with Crippen LogP contribution in [0.3, 0.4) is 0 Å². The maximum atomic E-state index is 4.86. The zero-order valence-electron chi connectivity index (χ0n) is 11.8. The highest BCUT2D eigenvalue weighted by Gasteiger charge is 2.22. The predicted molar refractivity (Wildman–Crippen MR) is 83.3 cm³/mol. The second-order valence-electron chi connectivity index (χ2n) is 5.92. The Morgan fingerprint density at radius 2 is 2.26 bits per heavy atom. The molecule has 1 aromatic heterocycles. The molecule has 0 spiro atoms. The summed E-state index contributed by atoms with van der Waals surface area (Å²) >= 11 is 1.96. The van der Waals surface area contributed by atoms with Crippen LogP contribution < -0.4 is 5.32 Å². The summed E-state index contributed by atoms with van der Waals surface area (Å²) in [4.78, 5) is 8.96. The number of fused-ring (bicyclic) bond motifs is 1. The Morgan fingerprint density at radius 3 is 3.05 bits per heavy atom. The van der Waals surface area contributed by atoms with Crippen molar-refractivity contribution in [3.05, 3.63) is 15.6 Å². The van der Waals surface area contributed by atoms with Gasteiger partial charge in [0.25, 0.3) is 0 Å². The van der Waals surface area contributed by atoms with E-state index in [9.17, 15) is 0 Å². The molecule has 1 N–H and O–H groups in total. The first-order valence-electron chi connectivity index (χ1n) is 7.14. The number of hydrogen-bond donors (Lipinski definition) is 1. The number of aromatic nitrogens is 1. The average molecular weight is 302 g/mol. The molecule has 1 aliphatic heterocycles. The van der Waals surface area contributed by atoms with Crippen LogP contribution >= 0.6 is 23.7 Å². The Bertz CT molecular complexity index is 421. The van der Waals surface area contributed by atoms with Crippen molar-refractivity contribution in [2.45, 2.75) is 45.7 Å². The van der Waals surface area contributed by atoms with E-state index in [1.807, 2.05) is 11.3 Å². The van der Waals surface area contributed by atoms with Gasteiger partial charge < -0.3 is 5.32 Å². The summed E-state index contributed by atoms with van der Waals surface area (Å²) in [6, 6.07) is 0.619. The van der Waals surface area contributed by atoms with Gasteiger partial charge in [-0.2, -0.15) is 0 Å². The van der Waals surface area contributed by atoms with Crippen LogP contribution in [-0.4, -0.2) is 35.6 Å². The Balaban J connectivity index is 0.00000133. The number of hydrogen-bond acceptors (Lipinski definition) is 4. The lowest BCUT2D eigenvalue weighted by Crippen LogP contribution is -2.48. The normalized spacial score (nSPS) is 27.7. The van der Waals surface area contributed by atoms with E-state index >= 15 is 0 Å². The zero-order chi connectivity index (χ0) is 12.5. The van der Waals surface area contributed by atoms with Gasteiger partial charge in [-0.3, -0.25) is 4.90 Å². The van der Waals surface area contributed by atoms with Crippen LogP contribution in [0.2, 0.25) is 0 Å². The topological polar surface area (TPSA) is 28.2 Å². The number of thiazole rings is 1. The molecule has 1 unspecified atom stereocenters. The summed E-state index contributed by atoms with van der Waals surface area (Å²) in [5.74, 6) is 0.852. The highest BCUT2D eigenvalue weighted by Crippen LogP contribution is 2.30. The number of halogens is 1. The number of nitrogens with one attached hydrogen (secondary N) is 1. The number of nitrogens with zero attached hydrogens (tertiary/aromatic N) is 2. The van der Waals surface area contributed by atoms with Gasteiger partial charge in [0, 0.05) is 30.6 Å². The standard InChI is InChI=1S/C14H23N3S.ClH/c1-10-3-4-12-13(7-10)18-14(16-12)9-17-6-5-15-11(2)8-17;/h10-11,15H,3-9H2,1-2H3;1H/t10?,11-;/m1./s1. The van der Waals surface area contributed by atoms with Crippen LogP contribution in [0.1, 0.15) is 35.8 Å². The van der Waals surface area contributed by atoms with Crippen LogP contribution in [0.25, 0.3) is 0 Å². The Kier molecular flexibility index (Phi) is 5.23. The largest absolute Gasteiger partial charge is 0.312 e. The molecule has 0 radical (unpaired) electrons. The van der Waals surface area contributed by atoms with E-state index < -0.39 is 0 Å². The molecule has 2 aliphatic rings. The summed E-state index contributed by atoms with van der Waals surface area (Å²) in [5.41, 5.74) is 1.40. The molecule has 0 aromatic carbocycles. The lowest BCUT2D eigenvalue weighted by Gasteiger charge is -2.31. The molecular weight excluding hydrogens is 278 g/mol. The molecule has 1 aliphatic carbocycles. The minimum absolute atomic E-state index is 0. The molecule has 0 bridgehead atoms. The first kappa shape index (κ1) is 15.2. The number of aryl methyl sites for hydroxylation is 1. The third kappa shape index (κ3) is 3.69. The third-order valence-electron chi connectivity index (χ3n) is 4.04. The molecule has 108 valence electrons. The van der Waals surface area contributed by atoms with E-state index in [0.717, 1.165) is 32.1 Å². The van der Waals surface area contributed by atoms with Crippen LogP contribution in [0, 0.1) is 5.92 Å². The van der Waals surface area contributed by atoms with Crippen LogP contribution in [0.5, 0.6) is 0 Å². The molecule has 5 heteroatoms. The van der Waals surface area contributed by atoms with Crippen molar-refractivity contribution >= 4 is 23.7 Å². The van der Waals surface area contributed by atoms with Gasteiger partial charge in [0.15, 0.2) is 0 Å². The van der Waals surface area contributed by atoms with Gasteiger partial charge in [-0.15, -0.1) is 23.7 Å². The molecule has 1 aromatic rings. The smallest absolute Gasteiger partial charge is 0.107 e. The van der Waals surface area contributed by atoms with Gasteiger partial charge in [-0.1, -0.05) is 6.92 Å². The van der Waals surface area contributed by atoms with Gasteiger partial charge in [0.05, 0.1) is 12.2 Å². The summed E-state index contributed by atoms with van der Waals surface area (Å²) in [6.45, 7) is 9.11. The molecule has 0 saturated carbocycles. The summed E-state index contributed by atoms with van der Waals surface area (Å²) in [5, 5.41) is 4.83. The van der Waals surface area contributed by atoms with Crippen molar-refractivity contribution in [3.8, 4) is 0 Å². The van der Waals surface area contributed by atoms with E-state index in [1.165, 1.54) is 30.0 Å². The first-order valence-corrected chi connectivity index (χ1v) is 7.95. The minimum atomic E-state index is 0.